The van der Waals surface area contributed by atoms with E-state index >= 15 is 0 Å². The minimum absolute atomic E-state index is 0.142. The van der Waals surface area contributed by atoms with E-state index in [2.05, 4.69) is 42.6 Å². The largest absolute Gasteiger partial charge is 0.326 e. The number of hydrogen-bond acceptors (Lipinski definition) is 1. The summed E-state index contributed by atoms with van der Waals surface area (Å²) in [4.78, 5) is 12.1. The van der Waals surface area contributed by atoms with Crippen LogP contribution in [0.4, 0.5) is 5.69 Å². The van der Waals surface area contributed by atoms with Crippen molar-refractivity contribution in [2.75, 3.05) is 5.32 Å². The number of rotatable bonds is 0. The van der Waals surface area contributed by atoms with Gasteiger partial charge < -0.3 is 5.32 Å². The second-order valence-electron chi connectivity index (χ2n) is 7.51. The molecule has 0 fully saturated rings. The number of nitrogens with one attached hydrogen (secondary N) is 1. The fourth-order valence-electron chi connectivity index (χ4n) is 3.42. The van der Waals surface area contributed by atoms with E-state index in [4.69, 9.17) is 0 Å². The Morgan fingerprint density at radius 3 is 2.38 bits per heavy atom. The van der Waals surface area contributed by atoms with Gasteiger partial charge in [-0.15, -0.1) is 0 Å². The van der Waals surface area contributed by atoms with Crippen LogP contribution in [0.15, 0.2) is 48.1 Å². The molecule has 0 radical (unpaired) electrons. The molecule has 1 aromatic rings. The molecule has 1 N–H and O–H groups in total. The van der Waals surface area contributed by atoms with Crippen molar-refractivity contribution >= 4 is 11.6 Å². The van der Waals surface area contributed by atoms with Gasteiger partial charge in [-0.1, -0.05) is 48.8 Å². The van der Waals surface area contributed by atoms with Crippen molar-refractivity contribution in [2.45, 2.75) is 84.0 Å². The van der Waals surface area contributed by atoms with Gasteiger partial charge in [0.15, 0.2) is 0 Å². The van der Waals surface area contributed by atoms with Crippen molar-refractivity contribution in [2.24, 2.45) is 0 Å². The number of carbonyl (C=O) groups is 1. The molecule has 2 bridgehead atoms. The second kappa shape index (κ2) is 12.5. The van der Waals surface area contributed by atoms with Crippen molar-refractivity contribution in [1.82, 2.24) is 0 Å². The van der Waals surface area contributed by atoms with Gasteiger partial charge >= 0.3 is 0 Å². The number of anilines is 1. The molecule has 1 amide bonds. The fourth-order valence-corrected chi connectivity index (χ4v) is 3.42. The molecule has 2 nitrogen and oxygen atoms in total. The summed E-state index contributed by atoms with van der Waals surface area (Å²) in [6.45, 7) is 2.25. The summed E-state index contributed by atoms with van der Waals surface area (Å²) in [5.41, 5.74) is 3.73. The highest BCUT2D eigenvalue weighted by atomic mass is 16.1. The number of benzene rings is 1. The highest BCUT2D eigenvalue weighted by Crippen LogP contribution is 2.16. The Bertz CT molecular complexity index is 600. The van der Waals surface area contributed by atoms with Crippen molar-refractivity contribution in [3.8, 4) is 0 Å². The van der Waals surface area contributed by atoms with Gasteiger partial charge in [0, 0.05) is 12.1 Å². The zero-order valence-corrected chi connectivity index (χ0v) is 16.4. The number of allylic oxidation sites excluding steroid dienone is 4. The first-order chi connectivity index (χ1) is 12.7. The van der Waals surface area contributed by atoms with Gasteiger partial charge in [0.05, 0.1) is 0 Å². The minimum atomic E-state index is 0.142. The molecule has 142 valence electrons. The summed E-state index contributed by atoms with van der Waals surface area (Å²) in [6, 6.07) is 8.31. The molecule has 1 aliphatic heterocycles. The molecular weight excluding hydrogens is 318 g/mol. The second-order valence-corrected chi connectivity index (χ2v) is 7.51. The van der Waals surface area contributed by atoms with Crippen LogP contribution in [0, 0.1) is 0 Å². The zero-order valence-electron chi connectivity index (χ0n) is 16.4. The Morgan fingerprint density at radius 1 is 0.808 bits per heavy atom. The Balaban J connectivity index is 1.91. The normalized spacial score (nSPS) is 22.3. The van der Waals surface area contributed by atoms with Gasteiger partial charge in [-0.2, -0.15) is 0 Å². The average Bonchev–Trinajstić information content (AvgIpc) is 2.62. The molecule has 0 atom stereocenters. The fraction of sp³-hybridized carbons (Fsp3) is 0.542. The maximum atomic E-state index is 12.1. The molecule has 0 spiro atoms. The lowest BCUT2D eigenvalue weighted by molar-refractivity contribution is -0.116. The van der Waals surface area contributed by atoms with E-state index in [-0.39, 0.29) is 5.91 Å². The summed E-state index contributed by atoms with van der Waals surface area (Å²) in [7, 11) is 0. The summed E-state index contributed by atoms with van der Waals surface area (Å²) < 4.78 is 0. The van der Waals surface area contributed by atoms with Crippen LogP contribution in [0.25, 0.3) is 0 Å². The lowest BCUT2D eigenvalue weighted by Crippen LogP contribution is -2.11. The van der Waals surface area contributed by atoms with Gasteiger partial charge in [0.25, 0.3) is 0 Å². The number of hydrogen-bond donors (Lipinski definition) is 1. The van der Waals surface area contributed by atoms with Crippen LogP contribution < -0.4 is 5.32 Å². The van der Waals surface area contributed by atoms with Gasteiger partial charge in [-0.25, -0.2) is 0 Å². The maximum absolute atomic E-state index is 12.1. The van der Waals surface area contributed by atoms with Crippen LogP contribution in [-0.2, 0) is 11.2 Å². The number of aryl methyl sites for hydroxylation is 1. The first-order valence-corrected chi connectivity index (χ1v) is 10.4. The van der Waals surface area contributed by atoms with Crippen LogP contribution in [0.1, 0.15) is 83.1 Å². The van der Waals surface area contributed by atoms with Crippen LogP contribution in [0.2, 0.25) is 0 Å². The van der Waals surface area contributed by atoms with E-state index in [9.17, 15) is 4.79 Å². The van der Waals surface area contributed by atoms with E-state index in [1.807, 2.05) is 12.1 Å². The van der Waals surface area contributed by atoms with Gasteiger partial charge in [0.1, 0.15) is 0 Å². The molecule has 1 heterocycles. The van der Waals surface area contributed by atoms with E-state index in [1.54, 1.807) is 0 Å². The van der Waals surface area contributed by atoms with Gasteiger partial charge in [0.2, 0.25) is 5.91 Å². The van der Waals surface area contributed by atoms with E-state index in [1.165, 1.54) is 56.1 Å². The molecule has 0 aliphatic carbocycles. The Morgan fingerprint density at radius 2 is 1.54 bits per heavy atom. The molecule has 1 aliphatic rings. The monoisotopic (exact) mass is 353 g/mol. The quantitative estimate of drug-likeness (QED) is 0.501. The standard InChI is InChI=1S/C24H35NO/c1-21-14-10-8-6-4-2-3-5-7-9-11-19-24(26)25-23-18-13-17-22(20-23)16-12-15-21/h2,4,13,15,17-18,20H,3,5-12,14,16,19H2,1H3,(H,25,26)/b4-2-,21-15-. The maximum Gasteiger partial charge on any atom is 0.224 e. The van der Waals surface area contributed by atoms with Crippen LogP contribution >= 0.6 is 0 Å². The molecule has 0 unspecified atom stereocenters. The molecule has 1 aromatic carbocycles. The molecule has 2 heteroatoms. The predicted octanol–water partition coefficient (Wildman–Crippen LogP) is 6.97. The lowest BCUT2D eigenvalue weighted by atomic mass is 10.0. The smallest absolute Gasteiger partial charge is 0.224 e. The Kier molecular flexibility index (Phi) is 9.86. The molecule has 26 heavy (non-hydrogen) atoms. The molecule has 0 aromatic heterocycles. The van der Waals surface area contributed by atoms with Crippen molar-refractivity contribution in [3.63, 3.8) is 0 Å². The summed E-state index contributed by atoms with van der Waals surface area (Å²) in [5.74, 6) is 0.142. The third-order valence-corrected chi connectivity index (χ3v) is 5.02. The Hall–Kier alpha value is -1.83. The number of amides is 1. The van der Waals surface area contributed by atoms with E-state index in [0.717, 1.165) is 31.4 Å². The SMILES string of the molecule is C/C1=C/CCc2cccc(c2)NC(=O)CCCCCC/C=C\CCCC1. The summed E-state index contributed by atoms with van der Waals surface area (Å²) >= 11 is 0. The third-order valence-electron chi connectivity index (χ3n) is 5.02. The first-order valence-electron chi connectivity index (χ1n) is 10.4. The van der Waals surface area contributed by atoms with Crippen LogP contribution in [0.5, 0.6) is 0 Å². The van der Waals surface area contributed by atoms with E-state index in [0.29, 0.717) is 6.42 Å². The minimum Gasteiger partial charge on any atom is -0.326 e. The predicted molar refractivity (Wildman–Crippen MR) is 112 cm³/mol. The zero-order chi connectivity index (χ0) is 18.5. The van der Waals surface area contributed by atoms with Gasteiger partial charge in [-0.05, 0) is 82.4 Å². The molecule has 2 rings (SSSR count). The van der Waals surface area contributed by atoms with E-state index < -0.39 is 0 Å². The number of carbonyl (C=O) groups excluding carboxylic acids is 1. The Labute approximate surface area is 159 Å². The average molecular weight is 354 g/mol. The van der Waals surface area contributed by atoms with Crippen molar-refractivity contribution in [3.05, 3.63) is 53.6 Å². The summed E-state index contributed by atoms with van der Waals surface area (Å²) in [5, 5.41) is 3.06. The van der Waals surface area contributed by atoms with Gasteiger partial charge in [-0.3, -0.25) is 4.79 Å². The summed E-state index contributed by atoms with van der Waals surface area (Å²) in [6.07, 6.45) is 20.6. The number of fused-ring (bicyclic) bond motifs is 2. The molecule has 0 saturated heterocycles. The third kappa shape index (κ3) is 9.03. The molecular formula is C24H35NO. The van der Waals surface area contributed by atoms with Crippen molar-refractivity contribution < 1.29 is 4.79 Å². The lowest BCUT2D eigenvalue weighted by Gasteiger charge is -2.07. The van der Waals surface area contributed by atoms with Crippen LogP contribution in [-0.4, -0.2) is 5.91 Å². The highest BCUT2D eigenvalue weighted by Gasteiger charge is 2.03. The topological polar surface area (TPSA) is 29.1 Å². The van der Waals surface area contributed by atoms with Crippen LogP contribution in [0.3, 0.4) is 0 Å². The van der Waals surface area contributed by atoms with Crippen molar-refractivity contribution in [1.29, 1.82) is 0 Å². The highest BCUT2D eigenvalue weighted by molar-refractivity contribution is 5.90. The first kappa shape index (κ1) is 20.5. The molecule has 0 saturated carbocycles.